The van der Waals surface area contributed by atoms with Crippen LogP contribution in [0.4, 0.5) is 4.79 Å². The average Bonchev–Trinajstić information content (AvgIpc) is 2.36. The van der Waals surface area contributed by atoms with Gasteiger partial charge >= 0.3 is 6.09 Å². The van der Waals surface area contributed by atoms with Crippen molar-refractivity contribution in [2.24, 2.45) is 11.8 Å². The Balaban J connectivity index is 2.15. The molecule has 3 atom stereocenters. The lowest BCUT2D eigenvalue weighted by molar-refractivity contribution is 0.0297. The fourth-order valence-electron chi connectivity index (χ4n) is 2.79. The summed E-state index contributed by atoms with van der Waals surface area (Å²) < 4.78 is 5.34. The van der Waals surface area contributed by atoms with Gasteiger partial charge in [0.2, 0.25) is 0 Å². The maximum absolute atomic E-state index is 11.8. The lowest BCUT2D eigenvalue weighted by atomic mass is 9.79. The molecule has 1 aliphatic carbocycles. The van der Waals surface area contributed by atoms with E-state index in [4.69, 9.17) is 4.74 Å². The lowest BCUT2D eigenvalue weighted by Crippen LogP contribution is -2.39. The summed E-state index contributed by atoms with van der Waals surface area (Å²) in [6, 6.07) is 0.656. The van der Waals surface area contributed by atoms with Crippen LogP contribution in [0.3, 0.4) is 0 Å². The Hall–Kier alpha value is -0.770. The van der Waals surface area contributed by atoms with Crippen molar-refractivity contribution >= 4 is 6.09 Å². The second-order valence-corrected chi connectivity index (χ2v) is 7.67. The summed E-state index contributed by atoms with van der Waals surface area (Å²) in [5.74, 6) is 1.68. The van der Waals surface area contributed by atoms with Crippen molar-refractivity contribution in [3.63, 3.8) is 0 Å². The summed E-state index contributed by atoms with van der Waals surface area (Å²) in [4.78, 5) is 13.5. The van der Waals surface area contributed by atoms with E-state index in [0.717, 1.165) is 31.3 Å². The summed E-state index contributed by atoms with van der Waals surface area (Å²) in [6.07, 6.45) is 4.63. The largest absolute Gasteiger partial charge is 0.444 e. The molecule has 0 aromatic heterocycles. The van der Waals surface area contributed by atoms with Gasteiger partial charge in [0, 0.05) is 19.6 Å². The van der Waals surface area contributed by atoms with Crippen LogP contribution in [-0.4, -0.2) is 42.8 Å². The van der Waals surface area contributed by atoms with E-state index in [1.807, 2.05) is 20.8 Å². The zero-order chi connectivity index (χ0) is 16.0. The Morgan fingerprint density at radius 3 is 2.48 bits per heavy atom. The van der Waals surface area contributed by atoms with Crippen molar-refractivity contribution in [2.75, 3.05) is 20.1 Å². The number of carbonyl (C=O) groups is 1. The number of nitrogens with one attached hydrogen (secondary N) is 1. The first kappa shape index (κ1) is 18.3. The maximum atomic E-state index is 11.8. The van der Waals surface area contributed by atoms with Gasteiger partial charge < -0.3 is 15.0 Å². The molecule has 1 N–H and O–H groups in total. The molecule has 0 bridgehead atoms. The predicted octanol–water partition coefficient (Wildman–Crippen LogP) is 3.66. The summed E-state index contributed by atoms with van der Waals surface area (Å²) in [7, 11) is 1.80. The van der Waals surface area contributed by atoms with E-state index in [1.165, 1.54) is 19.3 Å². The van der Waals surface area contributed by atoms with E-state index in [2.05, 4.69) is 19.2 Å². The number of ether oxygens (including phenoxy) is 1. The third kappa shape index (κ3) is 7.16. The van der Waals surface area contributed by atoms with Gasteiger partial charge in [-0.3, -0.25) is 0 Å². The smallest absolute Gasteiger partial charge is 0.410 e. The van der Waals surface area contributed by atoms with Gasteiger partial charge in [-0.15, -0.1) is 0 Å². The molecule has 1 fully saturated rings. The van der Waals surface area contributed by atoms with E-state index in [1.54, 1.807) is 11.9 Å². The summed E-state index contributed by atoms with van der Waals surface area (Å²) in [6.45, 7) is 12.1. The minimum absolute atomic E-state index is 0.234. The Kier molecular flexibility index (Phi) is 6.98. The minimum atomic E-state index is -0.418. The molecule has 1 saturated carbocycles. The third-order valence-electron chi connectivity index (χ3n) is 4.41. The van der Waals surface area contributed by atoms with Gasteiger partial charge in [0.05, 0.1) is 0 Å². The Morgan fingerprint density at radius 2 is 1.90 bits per heavy atom. The molecule has 21 heavy (non-hydrogen) atoms. The first-order chi connectivity index (χ1) is 9.69. The van der Waals surface area contributed by atoms with Crippen molar-refractivity contribution in [3.05, 3.63) is 0 Å². The first-order valence-electron chi connectivity index (χ1n) is 8.36. The van der Waals surface area contributed by atoms with Gasteiger partial charge in [-0.25, -0.2) is 4.79 Å². The van der Waals surface area contributed by atoms with E-state index in [9.17, 15) is 4.79 Å². The van der Waals surface area contributed by atoms with Gasteiger partial charge in [0.25, 0.3) is 0 Å². The molecule has 0 aromatic rings. The molecule has 124 valence electrons. The van der Waals surface area contributed by atoms with Crippen LogP contribution >= 0.6 is 0 Å². The summed E-state index contributed by atoms with van der Waals surface area (Å²) in [5, 5.41) is 3.64. The predicted molar refractivity (Wildman–Crippen MR) is 87.5 cm³/mol. The molecule has 1 aliphatic rings. The molecule has 4 heteroatoms. The molecule has 4 nitrogen and oxygen atoms in total. The SMILES string of the molecule is CC1CCC(NCCCN(C)C(=O)OC(C)(C)C)CC1C. The van der Waals surface area contributed by atoms with E-state index >= 15 is 0 Å². The van der Waals surface area contributed by atoms with Crippen LogP contribution in [0.2, 0.25) is 0 Å². The summed E-state index contributed by atoms with van der Waals surface area (Å²) in [5.41, 5.74) is -0.418. The average molecular weight is 298 g/mol. The Bertz CT molecular complexity index is 325. The number of nitrogens with zero attached hydrogens (tertiary/aromatic N) is 1. The van der Waals surface area contributed by atoms with Gasteiger partial charge in [-0.1, -0.05) is 13.8 Å². The van der Waals surface area contributed by atoms with Gasteiger partial charge in [0.1, 0.15) is 5.60 Å². The Labute approximate surface area is 130 Å². The topological polar surface area (TPSA) is 41.6 Å². The van der Waals surface area contributed by atoms with Gasteiger partial charge in [0.15, 0.2) is 0 Å². The number of rotatable bonds is 5. The number of amides is 1. The fourth-order valence-corrected chi connectivity index (χ4v) is 2.79. The molecule has 0 aromatic carbocycles. The second kappa shape index (κ2) is 8.02. The highest BCUT2D eigenvalue weighted by atomic mass is 16.6. The molecular formula is C17H34N2O2. The quantitative estimate of drug-likeness (QED) is 0.788. The van der Waals surface area contributed by atoms with Crippen LogP contribution in [0.25, 0.3) is 0 Å². The van der Waals surface area contributed by atoms with Crippen LogP contribution in [0, 0.1) is 11.8 Å². The molecule has 3 unspecified atom stereocenters. The van der Waals surface area contributed by atoms with Crippen molar-refractivity contribution in [1.82, 2.24) is 10.2 Å². The van der Waals surface area contributed by atoms with E-state index in [0.29, 0.717) is 6.04 Å². The second-order valence-electron chi connectivity index (χ2n) is 7.67. The number of carbonyl (C=O) groups excluding carboxylic acids is 1. The number of hydrogen-bond acceptors (Lipinski definition) is 3. The fraction of sp³-hybridized carbons (Fsp3) is 0.941. The zero-order valence-corrected chi connectivity index (χ0v) is 14.7. The zero-order valence-electron chi connectivity index (χ0n) is 14.7. The first-order valence-corrected chi connectivity index (χ1v) is 8.36. The maximum Gasteiger partial charge on any atom is 0.410 e. The monoisotopic (exact) mass is 298 g/mol. The van der Waals surface area contributed by atoms with Crippen molar-refractivity contribution in [2.45, 2.75) is 71.9 Å². The lowest BCUT2D eigenvalue weighted by Gasteiger charge is -2.32. The van der Waals surface area contributed by atoms with Crippen LogP contribution < -0.4 is 5.32 Å². The normalized spacial score (nSPS) is 26.5. The van der Waals surface area contributed by atoms with Crippen LogP contribution in [-0.2, 0) is 4.74 Å². The van der Waals surface area contributed by atoms with Crippen molar-refractivity contribution < 1.29 is 9.53 Å². The highest BCUT2D eigenvalue weighted by Crippen LogP contribution is 2.29. The van der Waals surface area contributed by atoms with Crippen molar-refractivity contribution in [1.29, 1.82) is 0 Å². The Morgan fingerprint density at radius 1 is 1.24 bits per heavy atom. The van der Waals surface area contributed by atoms with Crippen LogP contribution in [0.15, 0.2) is 0 Å². The van der Waals surface area contributed by atoms with E-state index in [-0.39, 0.29) is 6.09 Å². The molecular weight excluding hydrogens is 264 g/mol. The summed E-state index contributed by atoms with van der Waals surface area (Å²) >= 11 is 0. The van der Waals surface area contributed by atoms with Gasteiger partial charge in [-0.2, -0.15) is 0 Å². The van der Waals surface area contributed by atoms with Crippen LogP contribution in [0.5, 0.6) is 0 Å². The van der Waals surface area contributed by atoms with Crippen LogP contribution in [0.1, 0.15) is 60.3 Å². The molecule has 0 aliphatic heterocycles. The third-order valence-corrected chi connectivity index (χ3v) is 4.41. The minimum Gasteiger partial charge on any atom is -0.444 e. The molecule has 0 spiro atoms. The van der Waals surface area contributed by atoms with Gasteiger partial charge in [-0.05, 0) is 64.8 Å². The van der Waals surface area contributed by atoms with E-state index < -0.39 is 5.60 Å². The molecule has 0 heterocycles. The standard InChI is InChI=1S/C17H34N2O2/c1-13-8-9-15(12-14(13)2)18-10-7-11-19(6)16(20)21-17(3,4)5/h13-15,18H,7-12H2,1-6H3. The molecule has 0 radical (unpaired) electrons. The van der Waals surface area contributed by atoms with Crippen molar-refractivity contribution in [3.8, 4) is 0 Å². The number of hydrogen-bond donors (Lipinski definition) is 1. The molecule has 0 saturated heterocycles. The highest BCUT2D eigenvalue weighted by molar-refractivity contribution is 5.67. The molecule has 1 rings (SSSR count). The molecule has 1 amide bonds. The highest BCUT2D eigenvalue weighted by Gasteiger charge is 2.24.